The van der Waals surface area contributed by atoms with Gasteiger partial charge in [0.1, 0.15) is 11.5 Å². The van der Waals surface area contributed by atoms with Gasteiger partial charge in [0.25, 0.3) is 0 Å². The minimum absolute atomic E-state index is 0.113. The van der Waals surface area contributed by atoms with Crippen LogP contribution >= 0.6 is 0 Å². The van der Waals surface area contributed by atoms with Gasteiger partial charge in [0.05, 0.1) is 18.4 Å². The predicted molar refractivity (Wildman–Crippen MR) is 76.2 cm³/mol. The highest BCUT2D eigenvalue weighted by Crippen LogP contribution is 2.28. The van der Waals surface area contributed by atoms with E-state index in [9.17, 15) is 0 Å². The van der Waals surface area contributed by atoms with Crippen LogP contribution in [-0.2, 0) is 0 Å². The summed E-state index contributed by atoms with van der Waals surface area (Å²) in [6.45, 7) is 9.09. The molecule has 0 bridgehead atoms. The Kier molecular flexibility index (Phi) is 5.83. The first-order valence-corrected chi connectivity index (χ1v) is 6.71. The Labute approximate surface area is 110 Å². The lowest BCUT2D eigenvalue weighted by molar-refractivity contribution is 0.235. The molecule has 1 atom stereocenters. The molecule has 1 rings (SSSR count). The van der Waals surface area contributed by atoms with Crippen molar-refractivity contribution in [2.24, 2.45) is 5.92 Å². The number of nitrogens with two attached hydrogens (primary N) is 1. The molecule has 0 aromatic heterocycles. The fourth-order valence-electron chi connectivity index (χ4n) is 1.78. The summed E-state index contributed by atoms with van der Waals surface area (Å²) in [6, 6.07) is 5.59. The SMILES string of the molecule is CCCC(C)COc1ccc(N)c(OC(C)C)c1. The quantitative estimate of drug-likeness (QED) is 0.748. The van der Waals surface area contributed by atoms with Gasteiger partial charge in [-0.3, -0.25) is 0 Å². The highest BCUT2D eigenvalue weighted by molar-refractivity contribution is 5.55. The highest BCUT2D eigenvalue weighted by Gasteiger charge is 2.07. The van der Waals surface area contributed by atoms with Crippen molar-refractivity contribution >= 4 is 5.69 Å². The monoisotopic (exact) mass is 251 g/mol. The van der Waals surface area contributed by atoms with Gasteiger partial charge in [-0.2, -0.15) is 0 Å². The van der Waals surface area contributed by atoms with Gasteiger partial charge >= 0.3 is 0 Å². The molecular weight excluding hydrogens is 226 g/mol. The van der Waals surface area contributed by atoms with E-state index in [1.807, 2.05) is 32.0 Å². The van der Waals surface area contributed by atoms with Gasteiger partial charge in [-0.05, 0) is 38.3 Å². The summed E-state index contributed by atoms with van der Waals surface area (Å²) in [5.74, 6) is 2.09. The van der Waals surface area contributed by atoms with Crippen molar-refractivity contribution in [3.8, 4) is 11.5 Å². The molecule has 0 heterocycles. The van der Waals surface area contributed by atoms with Gasteiger partial charge in [0.15, 0.2) is 0 Å². The van der Waals surface area contributed by atoms with Crippen molar-refractivity contribution in [3.63, 3.8) is 0 Å². The summed E-state index contributed by atoms with van der Waals surface area (Å²) in [5.41, 5.74) is 6.51. The van der Waals surface area contributed by atoms with Crippen molar-refractivity contribution < 1.29 is 9.47 Å². The van der Waals surface area contributed by atoms with Gasteiger partial charge in [0, 0.05) is 6.07 Å². The van der Waals surface area contributed by atoms with E-state index in [0.29, 0.717) is 17.4 Å². The molecule has 3 nitrogen and oxygen atoms in total. The first-order valence-electron chi connectivity index (χ1n) is 6.71. The second kappa shape index (κ2) is 7.14. The molecule has 0 radical (unpaired) electrons. The molecule has 0 aliphatic heterocycles. The fraction of sp³-hybridized carbons (Fsp3) is 0.600. The molecule has 0 amide bonds. The lowest BCUT2D eigenvalue weighted by atomic mass is 10.1. The molecule has 0 saturated carbocycles. The number of ether oxygens (including phenoxy) is 2. The molecule has 2 N–H and O–H groups in total. The zero-order chi connectivity index (χ0) is 13.5. The maximum atomic E-state index is 5.86. The first-order chi connectivity index (χ1) is 8.52. The number of hydrogen-bond donors (Lipinski definition) is 1. The van der Waals surface area contributed by atoms with Gasteiger partial charge in [0.2, 0.25) is 0 Å². The Morgan fingerprint density at radius 3 is 2.56 bits per heavy atom. The number of hydrogen-bond acceptors (Lipinski definition) is 3. The third-order valence-corrected chi connectivity index (χ3v) is 2.66. The Hall–Kier alpha value is -1.38. The molecule has 3 heteroatoms. The minimum Gasteiger partial charge on any atom is -0.493 e. The van der Waals surface area contributed by atoms with Crippen LogP contribution in [0.4, 0.5) is 5.69 Å². The van der Waals surface area contributed by atoms with E-state index in [2.05, 4.69) is 13.8 Å². The van der Waals surface area contributed by atoms with Crippen LogP contribution in [0.3, 0.4) is 0 Å². The second-order valence-corrected chi connectivity index (χ2v) is 5.07. The lowest BCUT2D eigenvalue weighted by Gasteiger charge is -2.15. The summed E-state index contributed by atoms with van der Waals surface area (Å²) >= 11 is 0. The zero-order valence-electron chi connectivity index (χ0n) is 11.9. The van der Waals surface area contributed by atoms with Gasteiger partial charge in [-0.1, -0.05) is 20.3 Å². The van der Waals surface area contributed by atoms with E-state index in [0.717, 1.165) is 12.4 Å². The average molecular weight is 251 g/mol. The summed E-state index contributed by atoms with van der Waals surface area (Å²) in [7, 11) is 0. The van der Waals surface area contributed by atoms with Gasteiger partial charge in [-0.25, -0.2) is 0 Å². The average Bonchev–Trinajstić information content (AvgIpc) is 2.30. The Morgan fingerprint density at radius 2 is 1.94 bits per heavy atom. The van der Waals surface area contributed by atoms with Crippen molar-refractivity contribution in [2.45, 2.75) is 46.6 Å². The van der Waals surface area contributed by atoms with Crippen LogP contribution < -0.4 is 15.2 Å². The fourth-order valence-corrected chi connectivity index (χ4v) is 1.78. The molecule has 0 spiro atoms. The molecule has 1 aromatic carbocycles. The molecule has 0 saturated heterocycles. The molecule has 0 fully saturated rings. The number of anilines is 1. The second-order valence-electron chi connectivity index (χ2n) is 5.07. The lowest BCUT2D eigenvalue weighted by Crippen LogP contribution is -2.10. The molecule has 18 heavy (non-hydrogen) atoms. The maximum Gasteiger partial charge on any atom is 0.146 e. The highest BCUT2D eigenvalue weighted by atomic mass is 16.5. The van der Waals surface area contributed by atoms with Crippen molar-refractivity contribution in [2.75, 3.05) is 12.3 Å². The largest absolute Gasteiger partial charge is 0.493 e. The number of nitrogen functional groups attached to an aromatic ring is 1. The molecule has 1 unspecified atom stereocenters. The molecule has 0 aliphatic rings. The van der Waals surface area contributed by atoms with Crippen LogP contribution in [0.1, 0.15) is 40.5 Å². The van der Waals surface area contributed by atoms with Crippen LogP contribution in [0.15, 0.2) is 18.2 Å². The Balaban J connectivity index is 2.61. The maximum absolute atomic E-state index is 5.86. The third kappa shape index (κ3) is 4.86. The van der Waals surface area contributed by atoms with E-state index >= 15 is 0 Å². The topological polar surface area (TPSA) is 44.5 Å². The van der Waals surface area contributed by atoms with Crippen LogP contribution in [0.2, 0.25) is 0 Å². The van der Waals surface area contributed by atoms with E-state index in [-0.39, 0.29) is 6.10 Å². The van der Waals surface area contributed by atoms with Crippen LogP contribution in [0.25, 0.3) is 0 Å². The number of benzene rings is 1. The molecule has 102 valence electrons. The number of rotatable bonds is 7. The van der Waals surface area contributed by atoms with Gasteiger partial charge in [-0.15, -0.1) is 0 Å². The van der Waals surface area contributed by atoms with Crippen LogP contribution in [0, 0.1) is 5.92 Å². The minimum atomic E-state index is 0.113. The normalized spacial score (nSPS) is 12.5. The van der Waals surface area contributed by atoms with Crippen LogP contribution in [-0.4, -0.2) is 12.7 Å². The Morgan fingerprint density at radius 1 is 1.22 bits per heavy atom. The van der Waals surface area contributed by atoms with E-state index in [1.165, 1.54) is 12.8 Å². The van der Waals surface area contributed by atoms with E-state index in [4.69, 9.17) is 15.2 Å². The Bertz CT molecular complexity index is 364. The van der Waals surface area contributed by atoms with Gasteiger partial charge < -0.3 is 15.2 Å². The van der Waals surface area contributed by atoms with Crippen molar-refractivity contribution in [1.82, 2.24) is 0 Å². The standard InChI is InChI=1S/C15H25NO2/c1-5-6-12(4)10-17-13-7-8-14(16)15(9-13)18-11(2)3/h7-9,11-12H,5-6,10,16H2,1-4H3. The van der Waals surface area contributed by atoms with E-state index < -0.39 is 0 Å². The van der Waals surface area contributed by atoms with Crippen molar-refractivity contribution in [3.05, 3.63) is 18.2 Å². The summed E-state index contributed by atoms with van der Waals surface area (Å²) in [6.07, 6.45) is 2.49. The van der Waals surface area contributed by atoms with Crippen molar-refractivity contribution in [1.29, 1.82) is 0 Å². The predicted octanol–water partition coefficient (Wildman–Crippen LogP) is 3.87. The molecule has 1 aromatic rings. The molecule has 0 aliphatic carbocycles. The first kappa shape index (κ1) is 14.7. The smallest absolute Gasteiger partial charge is 0.146 e. The summed E-state index contributed by atoms with van der Waals surface area (Å²) < 4.78 is 11.4. The van der Waals surface area contributed by atoms with Crippen LogP contribution in [0.5, 0.6) is 11.5 Å². The van der Waals surface area contributed by atoms with E-state index in [1.54, 1.807) is 0 Å². The summed E-state index contributed by atoms with van der Waals surface area (Å²) in [5, 5.41) is 0. The molecular formula is C15H25NO2. The summed E-state index contributed by atoms with van der Waals surface area (Å²) in [4.78, 5) is 0. The third-order valence-electron chi connectivity index (χ3n) is 2.66. The zero-order valence-corrected chi connectivity index (χ0v) is 11.9.